The number of nitrogens with two attached hydrogens (primary N) is 1. The zero-order valence-corrected chi connectivity index (χ0v) is 19.4. The van der Waals surface area contributed by atoms with Gasteiger partial charge in [0, 0.05) is 6.54 Å². The van der Waals surface area contributed by atoms with Crippen LogP contribution in [0.15, 0.2) is 120 Å². The third-order valence-corrected chi connectivity index (χ3v) is 7.41. The largest absolute Gasteiger partial charge is 0.368 e. The van der Waals surface area contributed by atoms with E-state index in [0.29, 0.717) is 23.1 Å². The predicted octanol–water partition coefficient (Wildman–Crippen LogP) is 4.03. The molecule has 5 nitrogen and oxygen atoms in total. The molecular formula is C28H26N2O3S. The quantitative estimate of drug-likeness (QED) is 0.362. The summed E-state index contributed by atoms with van der Waals surface area (Å²) in [5.41, 5.74) is 7.86. The minimum Gasteiger partial charge on any atom is -0.368 e. The Morgan fingerprint density at radius 2 is 1.12 bits per heavy atom. The molecule has 0 aromatic heterocycles. The smallest absolute Gasteiger partial charge is 0.240 e. The van der Waals surface area contributed by atoms with Gasteiger partial charge in [-0.3, -0.25) is 4.79 Å². The van der Waals surface area contributed by atoms with Crippen LogP contribution in [0.2, 0.25) is 0 Å². The molecule has 0 heterocycles. The number of hydrogen-bond acceptors (Lipinski definition) is 3. The van der Waals surface area contributed by atoms with Gasteiger partial charge in [-0.25, -0.2) is 13.1 Å². The molecule has 1 amide bonds. The van der Waals surface area contributed by atoms with Crippen molar-refractivity contribution in [3.05, 3.63) is 138 Å². The molecule has 0 radical (unpaired) electrons. The molecule has 4 aromatic rings. The molecule has 0 aliphatic rings. The standard InChI is InChI=1S/C28H26N2O3S/c29-27(31)28(23-12-6-2-7-13-23,24-14-8-3-9-15-24)25-16-18-26(19-17-25)34(32,33)30-21-20-22-10-4-1-5-11-22/h1-19,30H,20-21H2,(H2,29,31). The normalized spacial score (nSPS) is 11.8. The number of amides is 1. The fraction of sp³-hybridized carbons (Fsp3) is 0.107. The maximum Gasteiger partial charge on any atom is 0.240 e. The molecule has 34 heavy (non-hydrogen) atoms. The first-order chi connectivity index (χ1) is 16.4. The maximum atomic E-state index is 13.1. The summed E-state index contributed by atoms with van der Waals surface area (Å²) in [6.45, 7) is 0.285. The van der Waals surface area contributed by atoms with E-state index in [1.54, 1.807) is 12.1 Å². The molecule has 0 spiro atoms. The first-order valence-electron chi connectivity index (χ1n) is 11.0. The maximum absolute atomic E-state index is 13.1. The highest BCUT2D eigenvalue weighted by Crippen LogP contribution is 2.39. The van der Waals surface area contributed by atoms with Crippen LogP contribution in [-0.4, -0.2) is 20.9 Å². The van der Waals surface area contributed by atoms with E-state index in [9.17, 15) is 13.2 Å². The molecule has 4 rings (SSSR count). The van der Waals surface area contributed by atoms with Gasteiger partial charge < -0.3 is 5.73 Å². The summed E-state index contributed by atoms with van der Waals surface area (Å²) in [6.07, 6.45) is 0.588. The Morgan fingerprint density at radius 1 is 0.676 bits per heavy atom. The molecular weight excluding hydrogens is 444 g/mol. The highest BCUT2D eigenvalue weighted by Gasteiger charge is 2.42. The second-order valence-corrected chi connectivity index (χ2v) is 9.77. The molecule has 3 N–H and O–H groups in total. The van der Waals surface area contributed by atoms with Crippen LogP contribution in [0, 0.1) is 0 Å². The molecule has 0 atom stereocenters. The molecule has 0 unspecified atom stereocenters. The topological polar surface area (TPSA) is 89.3 Å². The molecule has 0 aliphatic heterocycles. The molecule has 172 valence electrons. The van der Waals surface area contributed by atoms with Crippen LogP contribution >= 0.6 is 0 Å². The lowest BCUT2D eigenvalue weighted by Gasteiger charge is -2.32. The van der Waals surface area contributed by atoms with Gasteiger partial charge in [-0.05, 0) is 40.8 Å². The van der Waals surface area contributed by atoms with Crippen molar-refractivity contribution in [1.29, 1.82) is 0 Å². The number of primary amides is 1. The van der Waals surface area contributed by atoms with Crippen LogP contribution in [0.5, 0.6) is 0 Å². The summed E-state index contributed by atoms with van der Waals surface area (Å²) in [7, 11) is -3.71. The molecule has 0 fully saturated rings. The predicted molar refractivity (Wildman–Crippen MR) is 134 cm³/mol. The summed E-state index contributed by atoms with van der Waals surface area (Å²) < 4.78 is 28.4. The van der Waals surface area contributed by atoms with E-state index in [1.807, 2.05) is 91.0 Å². The van der Waals surface area contributed by atoms with Gasteiger partial charge in [0.05, 0.1) is 4.90 Å². The molecule has 0 bridgehead atoms. The number of rotatable bonds is 9. The van der Waals surface area contributed by atoms with Gasteiger partial charge in [0.15, 0.2) is 0 Å². The van der Waals surface area contributed by atoms with Gasteiger partial charge in [0.2, 0.25) is 15.9 Å². The van der Waals surface area contributed by atoms with Crippen molar-refractivity contribution in [3.63, 3.8) is 0 Å². The van der Waals surface area contributed by atoms with E-state index in [1.165, 1.54) is 12.1 Å². The average molecular weight is 471 g/mol. The molecule has 0 saturated heterocycles. The summed E-state index contributed by atoms with van der Waals surface area (Å²) in [5, 5.41) is 0. The van der Waals surface area contributed by atoms with E-state index >= 15 is 0 Å². The van der Waals surface area contributed by atoms with Crippen LogP contribution in [0.3, 0.4) is 0 Å². The van der Waals surface area contributed by atoms with E-state index in [-0.39, 0.29) is 11.4 Å². The van der Waals surface area contributed by atoms with Crippen molar-refractivity contribution >= 4 is 15.9 Å². The second kappa shape index (κ2) is 10.0. The lowest BCUT2D eigenvalue weighted by molar-refractivity contribution is -0.120. The van der Waals surface area contributed by atoms with Crippen molar-refractivity contribution in [1.82, 2.24) is 4.72 Å². The van der Waals surface area contributed by atoms with Crippen LogP contribution in [0.4, 0.5) is 0 Å². The Kier molecular flexibility index (Phi) is 6.91. The van der Waals surface area contributed by atoms with Gasteiger partial charge in [-0.1, -0.05) is 103 Å². The number of carbonyl (C=O) groups excluding carboxylic acids is 1. The van der Waals surface area contributed by atoms with E-state index < -0.39 is 21.3 Å². The van der Waals surface area contributed by atoms with Gasteiger partial charge in [0.25, 0.3) is 0 Å². The monoisotopic (exact) mass is 470 g/mol. The van der Waals surface area contributed by atoms with E-state index in [4.69, 9.17) is 5.73 Å². The van der Waals surface area contributed by atoms with Crippen LogP contribution in [0.1, 0.15) is 22.3 Å². The van der Waals surface area contributed by atoms with Crippen LogP contribution in [-0.2, 0) is 26.7 Å². The van der Waals surface area contributed by atoms with Gasteiger partial charge in [-0.2, -0.15) is 0 Å². The van der Waals surface area contributed by atoms with Gasteiger partial charge in [0.1, 0.15) is 5.41 Å². The summed E-state index contributed by atoms with van der Waals surface area (Å²) in [6, 6.07) is 34.6. The highest BCUT2D eigenvalue weighted by molar-refractivity contribution is 7.89. The fourth-order valence-corrected chi connectivity index (χ4v) is 5.28. The van der Waals surface area contributed by atoms with E-state index in [2.05, 4.69) is 4.72 Å². The van der Waals surface area contributed by atoms with Crippen molar-refractivity contribution in [2.75, 3.05) is 6.54 Å². The van der Waals surface area contributed by atoms with Crippen molar-refractivity contribution in [3.8, 4) is 0 Å². The Labute approximate surface area is 200 Å². The Morgan fingerprint density at radius 3 is 1.59 bits per heavy atom. The van der Waals surface area contributed by atoms with Crippen molar-refractivity contribution in [2.45, 2.75) is 16.7 Å². The molecule has 0 aliphatic carbocycles. The van der Waals surface area contributed by atoms with Gasteiger partial charge >= 0.3 is 0 Å². The number of sulfonamides is 1. The lowest BCUT2D eigenvalue weighted by atomic mass is 9.69. The zero-order chi connectivity index (χ0) is 24.0. The van der Waals surface area contributed by atoms with Crippen LogP contribution in [0.25, 0.3) is 0 Å². The highest BCUT2D eigenvalue weighted by atomic mass is 32.2. The lowest BCUT2D eigenvalue weighted by Crippen LogP contribution is -2.43. The number of hydrogen-bond donors (Lipinski definition) is 2. The van der Waals surface area contributed by atoms with E-state index in [0.717, 1.165) is 5.56 Å². The second-order valence-electron chi connectivity index (χ2n) is 8.00. The molecule has 6 heteroatoms. The third kappa shape index (κ3) is 4.64. The fourth-order valence-electron chi connectivity index (χ4n) is 4.24. The third-order valence-electron chi connectivity index (χ3n) is 5.93. The first-order valence-corrected chi connectivity index (χ1v) is 12.5. The number of carbonyl (C=O) groups is 1. The summed E-state index contributed by atoms with van der Waals surface area (Å²) in [4.78, 5) is 13.2. The zero-order valence-electron chi connectivity index (χ0n) is 18.6. The average Bonchev–Trinajstić information content (AvgIpc) is 2.86. The Balaban J connectivity index is 1.68. The molecule has 4 aromatic carbocycles. The van der Waals surface area contributed by atoms with Crippen LogP contribution < -0.4 is 10.5 Å². The van der Waals surface area contributed by atoms with Gasteiger partial charge in [-0.15, -0.1) is 0 Å². The summed E-state index contributed by atoms with van der Waals surface area (Å²) >= 11 is 0. The number of nitrogens with one attached hydrogen (secondary N) is 1. The SMILES string of the molecule is NC(=O)C(c1ccccc1)(c1ccccc1)c1ccc(S(=O)(=O)NCCc2ccccc2)cc1. The minimum absolute atomic E-state index is 0.129. The van der Waals surface area contributed by atoms with Crippen molar-refractivity contribution in [2.24, 2.45) is 5.73 Å². The summed E-state index contributed by atoms with van der Waals surface area (Å²) in [5.74, 6) is -0.540. The molecule has 0 saturated carbocycles. The Hall–Kier alpha value is -3.74. The minimum atomic E-state index is -3.71. The number of benzene rings is 4. The first kappa shape index (κ1) is 23.4. The Bertz CT molecular complexity index is 1300. The van der Waals surface area contributed by atoms with Crippen molar-refractivity contribution < 1.29 is 13.2 Å².